The molecule has 0 unspecified atom stereocenters. The van der Waals surface area contributed by atoms with E-state index in [1.54, 1.807) is 6.08 Å². The van der Waals surface area contributed by atoms with Gasteiger partial charge in [-0.3, -0.25) is 0 Å². The zero-order valence-electron chi connectivity index (χ0n) is 26.4. The second kappa shape index (κ2) is 23.9. The molecule has 0 saturated carbocycles. The van der Waals surface area contributed by atoms with Crippen molar-refractivity contribution in [2.45, 2.75) is 85.1 Å². The van der Waals surface area contributed by atoms with E-state index in [-0.39, 0.29) is 0 Å². The summed E-state index contributed by atoms with van der Waals surface area (Å²) in [5.74, 6) is 0.943. The summed E-state index contributed by atoms with van der Waals surface area (Å²) in [4.78, 5) is 23.4. The number of methoxy groups -OCH3 is 1. The number of alkyl carbamates (subject to hydrolysis) is 1. The van der Waals surface area contributed by atoms with Crippen molar-refractivity contribution in [3.8, 4) is 11.5 Å². The van der Waals surface area contributed by atoms with Crippen LogP contribution in [0.25, 0.3) is 6.08 Å². The zero-order valence-corrected chi connectivity index (χ0v) is 27.4. The fraction of sp³-hybridized carbons (Fsp3) is 0.677. The van der Waals surface area contributed by atoms with Gasteiger partial charge in [-0.2, -0.15) is 0 Å². The largest absolute Gasteiger partial charge is 0.500 e. The predicted octanol–water partition coefficient (Wildman–Crippen LogP) is 6.55. The zero-order chi connectivity index (χ0) is 30.9. The van der Waals surface area contributed by atoms with Gasteiger partial charge in [-0.1, -0.05) is 25.8 Å². The lowest BCUT2D eigenvalue weighted by molar-refractivity contribution is -0.134. The number of benzene rings is 1. The minimum absolute atomic E-state index is 0.374. The van der Waals surface area contributed by atoms with Crippen molar-refractivity contribution >= 4 is 26.9 Å². The molecule has 0 fully saturated rings. The summed E-state index contributed by atoms with van der Waals surface area (Å²) in [7, 11) is -1.34. The van der Waals surface area contributed by atoms with Gasteiger partial charge in [0.2, 0.25) is 0 Å². The Labute approximate surface area is 253 Å². The van der Waals surface area contributed by atoms with Crippen LogP contribution in [0.2, 0.25) is 6.04 Å². The fourth-order valence-corrected chi connectivity index (χ4v) is 6.69. The lowest BCUT2D eigenvalue weighted by Gasteiger charge is -2.28. The number of esters is 1. The minimum Gasteiger partial charge on any atom is -0.490 e. The van der Waals surface area contributed by atoms with Crippen LogP contribution in [0.3, 0.4) is 0 Å². The number of nitrogens with one attached hydrogen (secondary N) is 1. The van der Waals surface area contributed by atoms with Gasteiger partial charge in [0.1, 0.15) is 0 Å². The van der Waals surface area contributed by atoms with E-state index in [0.717, 1.165) is 50.5 Å². The maximum atomic E-state index is 12.0. The van der Waals surface area contributed by atoms with Gasteiger partial charge in [-0.05, 0) is 83.1 Å². The number of carbonyl (C=O) groups excluding carboxylic acids is 2. The molecule has 240 valence electrons. The Balaban J connectivity index is 2.31. The van der Waals surface area contributed by atoms with Crippen LogP contribution in [0.4, 0.5) is 4.79 Å². The Morgan fingerprint density at radius 1 is 0.786 bits per heavy atom. The van der Waals surface area contributed by atoms with Crippen molar-refractivity contribution in [2.75, 3.05) is 53.3 Å². The standard InChI is InChI=1S/C31H53NO9Si/c1-6-10-13-22-37-29-26-27(18-20-30(33)35-5)17-19-28(29)36-23-14-11-12-15-24-38-31(34)32-21-16-25-42(39-7-2,40-8-3)41-9-4/h17-20,26H,6-16,21-25H2,1-5H3,(H,32,34)/b20-18+. The molecule has 0 aromatic heterocycles. The average molecular weight is 612 g/mol. The molecule has 0 bridgehead atoms. The number of unbranched alkanes of at least 4 members (excludes halogenated alkanes) is 5. The van der Waals surface area contributed by atoms with Crippen molar-refractivity contribution < 1.29 is 41.8 Å². The van der Waals surface area contributed by atoms with E-state index in [9.17, 15) is 9.59 Å². The van der Waals surface area contributed by atoms with Crippen molar-refractivity contribution in [1.82, 2.24) is 5.32 Å². The Bertz CT molecular complexity index is 880. The summed E-state index contributed by atoms with van der Waals surface area (Å²) >= 11 is 0. The quantitative estimate of drug-likeness (QED) is 0.0570. The Hall–Kier alpha value is -2.60. The molecule has 0 heterocycles. The number of amides is 1. The first-order valence-corrected chi connectivity index (χ1v) is 17.3. The third kappa shape index (κ3) is 16.7. The van der Waals surface area contributed by atoms with Gasteiger partial charge in [0.25, 0.3) is 0 Å². The lowest BCUT2D eigenvalue weighted by Crippen LogP contribution is -2.46. The van der Waals surface area contributed by atoms with Crippen LogP contribution in [0.15, 0.2) is 24.3 Å². The molecule has 1 aromatic carbocycles. The van der Waals surface area contributed by atoms with Crippen molar-refractivity contribution in [3.63, 3.8) is 0 Å². The molecule has 0 saturated heterocycles. The predicted molar refractivity (Wildman–Crippen MR) is 166 cm³/mol. The second-order valence-corrected chi connectivity index (χ2v) is 12.3. The second-order valence-electron chi connectivity index (χ2n) is 9.53. The first kappa shape index (κ1) is 37.4. The first-order valence-electron chi connectivity index (χ1n) is 15.4. The van der Waals surface area contributed by atoms with E-state index in [4.69, 9.17) is 27.5 Å². The van der Waals surface area contributed by atoms with Gasteiger partial charge in [0.15, 0.2) is 11.5 Å². The molecule has 0 aliphatic heterocycles. The van der Waals surface area contributed by atoms with Gasteiger partial charge < -0.3 is 37.5 Å². The van der Waals surface area contributed by atoms with Gasteiger partial charge >= 0.3 is 20.9 Å². The molecule has 10 nitrogen and oxygen atoms in total. The van der Waals surface area contributed by atoms with Crippen LogP contribution in [0.1, 0.15) is 84.6 Å². The van der Waals surface area contributed by atoms with E-state index in [1.807, 2.05) is 39.0 Å². The normalized spacial score (nSPS) is 11.5. The molecule has 0 atom stereocenters. The minimum atomic E-state index is -2.69. The topological polar surface area (TPSA) is 111 Å². The highest BCUT2D eigenvalue weighted by molar-refractivity contribution is 6.60. The highest BCUT2D eigenvalue weighted by Crippen LogP contribution is 2.29. The molecule has 1 aromatic rings. The Morgan fingerprint density at radius 3 is 2.02 bits per heavy atom. The molecule has 0 spiro atoms. The molecule has 1 N–H and O–H groups in total. The molecule has 0 aliphatic carbocycles. The molecule has 11 heteroatoms. The average Bonchev–Trinajstić information content (AvgIpc) is 2.98. The Kier molecular flexibility index (Phi) is 21.3. The molecule has 1 amide bonds. The summed E-state index contributed by atoms with van der Waals surface area (Å²) in [6, 6.07) is 6.27. The van der Waals surface area contributed by atoms with Crippen molar-refractivity contribution in [3.05, 3.63) is 29.8 Å². The summed E-state index contributed by atoms with van der Waals surface area (Å²) < 4.78 is 39.5. The van der Waals surface area contributed by atoms with Gasteiger partial charge in [-0.25, -0.2) is 9.59 Å². The lowest BCUT2D eigenvalue weighted by atomic mass is 10.2. The van der Waals surface area contributed by atoms with Crippen molar-refractivity contribution in [1.29, 1.82) is 0 Å². The number of ether oxygens (including phenoxy) is 4. The van der Waals surface area contributed by atoms with Crippen LogP contribution >= 0.6 is 0 Å². The SMILES string of the molecule is CCCCCOc1cc(/C=C/C(=O)OC)ccc1OCCCCCCOC(=O)NCCC[Si](OCC)(OCC)OCC. The van der Waals surface area contributed by atoms with Crippen molar-refractivity contribution in [2.24, 2.45) is 0 Å². The maximum absolute atomic E-state index is 12.0. The van der Waals surface area contributed by atoms with Crippen LogP contribution in [0, 0.1) is 0 Å². The van der Waals surface area contributed by atoms with Crippen LogP contribution < -0.4 is 14.8 Å². The smallest absolute Gasteiger partial charge is 0.490 e. The summed E-state index contributed by atoms with van der Waals surface area (Å²) in [5.41, 5.74) is 0.832. The molecule has 42 heavy (non-hydrogen) atoms. The van der Waals surface area contributed by atoms with E-state index in [2.05, 4.69) is 17.0 Å². The number of hydrogen-bond donors (Lipinski definition) is 1. The van der Waals surface area contributed by atoms with E-state index >= 15 is 0 Å². The van der Waals surface area contributed by atoms with Gasteiger partial charge in [0.05, 0.1) is 26.9 Å². The first-order chi connectivity index (χ1) is 20.4. The third-order valence-electron chi connectivity index (χ3n) is 6.14. The molecule has 1 rings (SSSR count). The number of carbonyl (C=O) groups is 2. The molecular weight excluding hydrogens is 558 g/mol. The Morgan fingerprint density at radius 2 is 1.40 bits per heavy atom. The van der Waals surface area contributed by atoms with Crippen LogP contribution in [-0.2, 0) is 27.5 Å². The van der Waals surface area contributed by atoms with Gasteiger partial charge in [0, 0.05) is 38.5 Å². The third-order valence-corrected chi connectivity index (χ3v) is 9.29. The highest BCUT2D eigenvalue weighted by atomic mass is 28.4. The van der Waals surface area contributed by atoms with E-state index < -0.39 is 20.9 Å². The monoisotopic (exact) mass is 611 g/mol. The summed E-state index contributed by atoms with van der Waals surface area (Å²) in [6.07, 6.45) is 10.1. The van der Waals surface area contributed by atoms with Gasteiger partial charge in [-0.15, -0.1) is 0 Å². The van der Waals surface area contributed by atoms with Crippen LogP contribution in [-0.4, -0.2) is 74.2 Å². The molecular formula is C31H53NO9Si. The maximum Gasteiger partial charge on any atom is 0.500 e. The van der Waals surface area contributed by atoms with E-state index in [0.29, 0.717) is 70.1 Å². The fourth-order valence-electron chi connectivity index (χ4n) is 4.08. The number of hydrogen-bond acceptors (Lipinski definition) is 9. The number of rotatable bonds is 25. The highest BCUT2D eigenvalue weighted by Gasteiger charge is 2.39. The summed E-state index contributed by atoms with van der Waals surface area (Å²) in [6.45, 7) is 11.6. The van der Waals surface area contributed by atoms with E-state index in [1.165, 1.54) is 13.2 Å². The molecule has 0 radical (unpaired) electrons. The van der Waals surface area contributed by atoms with Crippen LogP contribution in [0.5, 0.6) is 11.5 Å². The molecule has 0 aliphatic rings. The summed E-state index contributed by atoms with van der Waals surface area (Å²) in [5, 5.41) is 2.79.